The van der Waals surface area contributed by atoms with Gasteiger partial charge in [0.2, 0.25) is 0 Å². The second kappa shape index (κ2) is 10.1. The van der Waals surface area contributed by atoms with Crippen LogP contribution < -0.4 is 4.74 Å². The van der Waals surface area contributed by atoms with E-state index >= 15 is 0 Å². The maximum atomic E-state index is 12.8. The smallest absolute Gasteiger partial charge is 0.271 e. The number of aryl methyl sites for hydroxylation is 1. The molecule has 0 fully saturated rings. The monoisotopic (exact) mass is 442 g/mol. The number of amides is 1. The maximum absolute atomic E-state index is 12.8. The lowest BCUT2D eigenvalue weighted by Crippen LogP contribution is -2.35. The van der Waals surface area contributed by atoms with E-state index in [1.807, 2.05) is 31.2 Å². The van der Waals surface area contributed by atoms with Gasteiger partial charge in [0.05, 0.1) is 16.2 Å². The van der Waals surface area contributed by atoms with Gasteiger partial charge < -0.3 is 14.1 Å². The van der Waals surface area contributed by atoms with Gasteiger partial charge in [-0.2, -0.15) is 0 Å². The molecule has 3 rings (SSSR count). The van der Waals surface area contributed by atoms with Crippen molar-refractivity contribution in [1.29, 1.82) is 0 Å². The molecule has 2 aromatic carbocycles. The minimum atomic E-state index is -0.514. The summed E-state index contributed by atoms with van der Waals surface area (Å²) in [7, 11) is 1.79. The quantitative estimate of drug-likeness (QED) is 0.322. The fourth-order valence-electron chi connectivity index (χ4n) is 3.03. The number of non-ortho nitro benzene ring substituents is 1. The first kappa shape index (κ1) is 22.4. The van der Waals surface area contributed by atoms with Crippen molar-refractivity contribution in [3.05, 3.63) is 92.9 Å². The molecule has 0 aliphatic heterocycles. The molecule has 162 valence electrons. The Hall–Kier alpha value is -3.32. The summed E-state index contributed by atoms with van der Waals surface area (Å²) in [6.45, 7) is 2.23. The van der Waals surface area contributed by atoms with Crippen LogP contribution in [-0.2, 0) is 13.0 Å². The number of nitro benzene ring substituents is 1. The van der Waals surface area contributed by atoms with Gasteiger partial charge in [-0.15, -0.1) is 0 Å². The highest BCUT2D eigenvalue weighted by Gasteiger charge is 2.18. The predicted molar refractivity (Wildman–Crippen MR) is 117 cm³/mol. The van der Waals surface area contributed by atoms with E-state index in [4.69, 9.17) is 20.8 Å². The molecule has 0 radical (unpaired) electrons. The van der Waals surface area contributed by atoms with E-state index in [2.05, 4.69) is 0 Å². The Kier molecular flexibility index (Phi) is 7.31. The number of carbonyl (C=O) groups excluding carboxylic acids is 1. The van der Waals surface area contributed by atoms with Gasteiger partial charge in [0.15, 0.2) is 0 Å². The molecule has 0 saturated carbocycles. The van der Waals surface area contributed by atoms with Crippen molar-refractivity contribution in [3.8, 4) is 5.75 Å². The molecule has 31 heavy (non-hydrogen) atoms. The molecule has 0 aliphatic carbocycles. The van der Waals surface area contributed by atoms with E-state index < -0.39 is 4.92 Å². The van der Waals surface area contributed by atoms with Crippen molar-refractivity contribution < 1.29 is 18.9 Å². The maximum Gasteiger partial charge on any atom is 0.271 e. The fraction of sp³-hybridized carbons (Fsp3) is 0.261. The minimum absolute atomic E-state index is 0.0576. The third-order valence-electron chi connectivity index (χ3n) is 5.09. The molecule has 0 aliphatic rings. The van der Waals surface area contributed by atoms with Crippen molar-refractivity contribution in [3.63, 3.8) is 0 Å². The van der Waals surface area contributed by atoms with Crippen LogP contribution in [0, 0.1) is 10.1 Å². The van der Waals surface area contributed by atoms with Crippen LogP contribution in [0.5, 0.6) is 5.75 Å². The molecule has 0 unspecified atom stereocenters. The van der Waals surface area contributed by atoms with E-state index in [9.17, 15) is 14.9 Å². The summed E-state index contributed by atoms with van der Waals surface area (Å²) in [6, 6.07) is 15.1. The average molecular weight is 443 g/mol. The highest BCUT2D eigenvalue weighted by molar-refractivity contribution is 6.32. The number of nitro groups is 1. The SMILES string of the molecule is C[C@@H](CCc1ccco1)N(C)C(=O)c1ccc(COc2ccc([N+](=O)[O-])cc2Cl)cc1. The molecular formula is C23H23ClN2O5. The van der Waals surface area contributed by atoms with Crippen molar-refractivity contribution in [2.75, 3.05) is 7.05 Å². The molecule has 0 N–H and O–H groups in total. The van der Waals surface area contributed by atoms with Gasteiger partial charge in [0.25, 0.3) is 11.6 Å². The standard InChI is InChI=1S/C23H23ClN2O5/c1-16(5-11-20-4-3-13-30-20)25(2)23(27)18-8-6-17(7-9-18)15-31-22-12-10-19(26(28)29)14-21(22)24/h3-4,6-10,12-14,16H,5,11,15H2,1-2H3/t16-/m0/s1. The lowest BCUT2D eigenvalue weighted by molar-refractivity contribution is -0.384. The van der Waals surface area contributed by atoms with Crippen LogP contribution in [-0.4, -0.2) is 28.8 Å². The summed E-state index contributed by atoms with van der Waals surface area (Å²) in [5.41, 5.74) is 1.34. The topological polar surface area (TPSA) is 85.8 Å². The molecule has 1 atom stereocenters. The van der Waals surface area contributed by atoms with Gasteiger partial charge in [0, 0.05) is 37.2 Å². The highest BCUT2D eigenvalue weighted by Crippen LogP contribution is 2.29. The summed E-state index contributed by atoms with van der Waals surface area (Å²) in [6.07, 6.45) is 3.22. The van der Waals surface area contributed by atoms with Crippen LogP contribution >= 0.6 is 11.6 Å². The summed E-state index contributed by atoms with van der Waals surface area (Å²) in [5.74, 6) is 1.21. The minimum Gasteiger partial charge on any atom is -0.487 e. The number of rotatable bonds is 9. The molecule has 3 aromatic rings. The Morgan fingerprint density at radius 3 is 2.58 bits per heavy atom. The Morgan fingerprint density at radius 1 is 1.23 bits per heavy atom. The Morgan fingerprint density at radius 2 is 1.97 bits per heavy atom. The van der Waals surface area contributed by atoms with Crippen LogP contribution in [0.25, 0.3) is 0 Å². The molecule has 7 nitrogen and oxygen atoms in total. The van der Waals surface area contributed by atoms with Gasteiger partial charge in [-0.1, -0.05) is 23.7 Å². The second-order valence-corrected chi connectivity index (χ2v) is 7.65. The molecule has 1 aromatic heterocycles. The van der Waals surface area contributed by atoms with Gasteiger partial charge in [-0.25, -0.2) is 0 Å². The first-order chi connectivity index (χ1) is 14.8. The lowest BCUT2D eigenvalue weighted by atomic mass is 10.1. The van der Waals surface area contributed by atoms with Crippen molar-refractivity contribution in [1.82, 2.24) is 4.90 Å². The average Bonchev–Trinajstić information content (AvgIpc) is 3.29. The number of halogens is 1. The zero-order valence-electron chi connectivity index (χ0n) is 17.3. The zero-order valence-corrected chi connectivity index (χ0v) is 18.0. The van der Waals surface area contributed by atoms with E-state index in [0.29, 0.717) is 11.3 Å². The number of hydrogen-bond donors (Lipinski definition) is 0. The summed E-state index contributed by atoms with van der Waals surface area (Å²) < 4.78 is 11.0. The molecule has 1 heterocycles. The second-order valence-electron chi connectivity index (χ2n) is 7.24. The molecule has 0 bridgehead atoms. The first-order valence-corrected chi connectivity index (χ1v) is 10.2. The molecular weight excluding hydrogens is 420 g/mol. The fourth-order valence-corrected chi connectivity index (χ4v) is 3.26. The van der Waals surface area contributed by atoms with Crippen LogP contribution in [0.15, 0.2) is 65.3 Å². The molecule has 1 amide bonds. The zero-order chi connectivity index (χ0) is 22.4. The molecule has 0 saturated heterocycles. The van der Waals surface area contributed by atoms with Crippen LogP contribution in [0.2, 0.25) is 5.02 Å². The first-order valence-electron chi connectivity index (χ1n) is 9.80. The number of furan rings is 1. The van der Waals surface area contributed by atoms with Crippen molar-refractivity contribution in [2.45, 2.75) is 32.4 Å². The number of benzene rings is 2. The Balaban J connectivity index is 1.55. The van der Waals surface area contributed by atoms with Gasteiger partial charge in [-0.3, -0.25) is 14.9 Å². The van der Waals surface area contributed by atoms with E-state index in [1.54, 1.807) is 30.3 Å². The predicted octanol–water partition coefficient (Wildman–Crippen LogP) is 5.51. The van der Waals surface area contributed by atoms with Crippen LogP contribution in [0.3, 0.4) is 0 Å². The van der Waals surface area contributed by atoms with Crippen molar-refractivity contribution >= 4 is 23.2 Å². The van der Waals surface area contributed by atoms with E-state index in [1.165, 1.54) is 18.2 Å². The highest BCUT2D eigenvalue weighted by atomic mass is 35.5. The van der Waals surface area contributed by atoms with Crippen LogP contribution in [0.4, 0.5) is 5.69 Å². The lowest BCUT2D eigenvalue weighted by Gasteiger charge is -2.25. The number of carbonyl (C=O) groups is 1. The number of ether oxygens (including phenoxy) is 1. The summed E-state index contributed by atoms with van der Waals surface area (Å²) >= 11 is 6.04. The summed E-state index contributed by atoms with van der Waals surface area (Å²) in [4.78, 5) is 24.8. The largest absolute Gasteiger partial charge is 0.487 e. The molecule has 0 spiro atoms. The van der Waals surface area contributed by atoms with E-state index in [0.717, 1.165) is 24.2 Å². The Labute approximate surface area is 185 Å². The van der Waals surface area contributed by atoms with Crippen molar-refractivity contribution in [2.24, 2.45) is 0 Å². The van der Waals surface area contributed by atoms with Gasteiger partial charge in [0.1, 0.15) is 18.1 Å². The third-order valence-corrected chi connectivity index (χ3v) is 5.39. The molecule has 8 heteroatoms. The number of nitrogens with zero attached hydrogens (tertiary/aromatic N) is 2. The van der Waals surface area contributed by atoms with Crippen LogP contribution in [0.1, 0.15) is 35.0 Å². The van der Waals surface area contributed by atoms with Gasteiger partial charge in [-0.05, 0) is 49.2 Å². The summed E-state index contributed by atoms with van der Waals surface area (Å²) in [5, 5.41) is 11.0. The third kappa shape index (κ3) is 5.86. The van der Waals surface area contributed by atoms with E-state index in [-0.39, 0.29) is 29.3 Å². The Bertz CT molecular complexity index is 1030. The normalized spacial score (nSPS) is 11.7. The number of hydrogen-bond acceptors (Lipinski definition) is 5. The van der Waals surface area contributed by atoms with Gasteiger partial charge >= 0.3 is 0 Å².